The van der Waals surface area contributed by atoms with Gasteiger partial charge in [0.2, 0.25) is 0 Å². The summed E-state index contributed by atoms with van der Waals surface area (Å²) in [4.78, 5) is 2.38. The van der Waals surface area contributed by atoms with Gasteiger partial charge in [-0.05, 0) is 90.1 Å². The van der Waals surface area contributed by atoms with Crippen LogP contribution in [0.5, 0.6) is 0 Å². The standard InChI is InChI=1S/C39H73NO2/c1-3-5-7-9-11-13-15-17-19-21-23-25-27-29-31-33-35-40(37-39(42)38-41)36-34-32-30-28-26-24-22-20-18-16-14-12-10-8-6-4-2/h11,13-14,16-17,19-20,22,39,41-42H,3-10,12,15,18,21,23-38H2,1-2H3. The second-order valence-corrected chi connectivity index (χ2v) is 12.3. The molecule has 0 radical (unpaired) electrons. The maximum atomic E-state index is 9.99. The molecule has 0 aromatic carbocycles. The first-order valence-electron chi connectivity index (χ1n) is 18.4. The van der Waals surface area contributed by atoms with Crippen molar-refractivity contribution >= 4 is 0 Å². The van der Waals surface area contributed by atoms with E-state index >= 15 is 0 Å². The monoisotopic (exact) mass is 588 g/mol. The summed E-state index contributed by atoms with van der Waals surface area (Å²) in [5, 5.41) is 19.3. The normalized spacial score (nSPS) is 13.3. The van der Waals surface area contributed by atoms with Crippen molar-refractivity contribution in [3.63, 3.8) is 0 Å². The van der Waals surface area contributed by atoms with Crippen molar-refractivity contribution < 1.29 is 10.2 Å². The summed E-state index contributed by atoms with van der Waals surface area (Å²) in [7, 11) is 0. The van der Waals surface area contributed by atoms with E-state index in [0.717, 1.165) is 25.9 Å². The molecule has 0 rings (SSSR count). The Morgan fingerprint density at radius 1 is 0.452 bits per heavy atom. The fourth-order valence-corrected chi connectivity index (χ4v) is 5.30. The quantitative estimate of drug-likeness (QED) is 0.0593. The Balaban J connectivity index is 3.73. The maximum absolute atomic E-state index is 9.99. The number of nitrogens with zero attached hydrogens (tertiary/aromatic N) is 1. The zero-order valence-corrected chi connectivity index (χ0v) is 28.3. The molecule has 0 amide bonds. The van der Waals surface area contributed by atoms with Crippen LogP contribution in [0.15, 0.2) is 48.6 Å². The number of aliphatic hydroxyl groups is 2. The molecule has 1 unspecified atom stereocenters. The minimum absolute atomic E-state index is 0.136. The minimum atomic E-state index is -0.614. The third-order valence-electron chi connectivity index (χ3n) is 8.03. The molecule has 0 spiro atoms. The summed E-state index contributed by atoms with van der Waals surface area (Å²) in [6.45, 7) is 7.08. The molecule has 0 fully saturated rings. The van der Waals surface area contributed by atoms with Gasteiger partial charge in [-0.3, -0.25) is 0 Å². The van der Waals surface area contributed by atoms with Gasteiger partial charge in [-0.2, -0.15) is 0 Å². The van der Waals surface area contributed by atoms with Gasteiger partial charge in [-0.15, -0.1) is 0 Å². The van der Waals surface area contributed by atoms with Crippen LogP contribution in [0.4, 0.5) is 0 Å². The zero-order chi connectivity index (χ0) is 30.6. The molecule has 0 bridgehead atoms. The summed E-state index contributed by atoms with van der Waals surface area (Å²) in [5.41, 5.74) is 0. The molecule has 0 aromatic heterocycles. The third kappa shape index (κ3) is 33.3. The van der Waals surface area contributed by atoms with Gasteiger partial charge in [0, 0.05) is 6.54 Å². The molecule has 42 heavy (non-hydrogen) atoms. The Morgan fingerprint density at radius 2 is 0.786 bits per heavy atom. The van der Waals surface area contributed by atoms with E-state index in [0.29, 0.717) is 6.54 Å². The Hall–Kier alpha value is -1.16. The van der Waals surface area contributed by atoms with Crippen molar-refractivity contribution in [2.45, 2.75) is 174 Å². The lowest BCUT2D eigenvalue weighted by Gasteiger charge is -2.24. The van der Waals surface area contributed by atoms with E-state index in [2.05, 4.69) is 67.4 Å². The Morgan fingerprint density at radius 3 is 1.19 bits per heavy atom. The molecule has 3 nitrogen and oxygen atoms in total. The fraction of sp³-hybridized carbons (Fsp3) is 0.795. The smallest absolute Gasteiger partial charge is 0.0897 e. The van der Waals surface area contributed by atoms with E-state index in [1.807, 2.05) is 0 Å². The van der Waals surface area contributed by atoms with Crippen LogP contribution in [-0.4, -0.2) is 47.5 Å². The lowest BCUT2D eigenvalue weighted by atomic mass is 10.1. The zero-order valence-electron chi connectivity index (χ0n) is 28.3. The van der Waals surface area contributed by atoms with Gasteiger partial charge in [-0.1, -0.05) is 140 Å². The molecule has 0 saturated heterocycles. The Bertz CT molecular complexity index is 624. The summed E-state index contributed by atoms with van der Waals surface area (Å²) >= 11 is 0. The summed E-state index contributed by atoms with van der Waals surface area (Å²) in [6.07, 6.45) is 48.6. The number of hydrogen-bond acceptors (Lipinski definition) is 3. The third-order valence-corrected chi connectivity index (χ3v) is 8.03. The average Bonchev–Trinajstić information content (AvgIpc) is 3.00. The maximum Gasteiger partial charge on any atom is 0.0897 e. The number of hydrogen-bond donors (Lipinski definition) is 2. The lowest BCUT2D eigenvalue weighted by Crippen LogP contribution is -2.35. The molecule has 0 aromatic rings. The summed E-state index contributed by atoms with van der Waals surface area (Å²) < 4.78 is 0. The van der Waals surface area contributed by atoms with Crippen molar-refractivity contribution in [2.75, 3.05) is 26.2 Å². The van der Waals surface area contributed by atoms with Crippen LogP contribution >= 0.6 is 0 Å². The van der Waals surface area contributed by atoms with E-state index in [1.165, 1.54) is 141 Å². The van der Waals surface area contributed by atoms with Gasteiger partial charge in [-0.25, -0.2) is 0 Å². The van der Waals surface area contributed by atoms with Gasteiger partial charge in [0.1, 0.15) is 0 Å². The Labute approximate surface area is 263 Å². The predicted molar refractivity (Wildman–Crippen MR) is 188 cm³/mol. The first kappa shape index (κ1) is 40.8. The van der Waals surface area contributed by atoms with Gasteiger partial charge in [0.15, 0.2) is 0 Å². The van der Waals surface area contributed by atoms with Crippen LogP contribution in [0.2, 0.25) is 0 Å². The first-order chi connectivity index (χ1) is 20.7. The second kappa shape index (κ2) is 36.0. The largest absolute Gasteiger partial charge is 0.394 e. The van der Waals surface area contributed by atoms with Gasteiger partial charge in [0.05, 0.1) is 12.7 Å². The van der Waals surface area contributed by atoms with Crippen molar-refractivity contribution in [1.29, 1.82) is 0 Å². The highest BCUT2D eigenvalue weighted by molar-refractivity contribution is 4.93. The van der Waals surface area contributed by atoms with Crippen LogP contribution in [-0.2, 0) is 0 Å². The molecule has 2 N–H and O–H groups in total. The highest BCUT2D eigenvalue weighted by Crippen LogP contribution is 2.11. The molecular weight excluding hydrogens is 514 g/mol. The fourth-order valence-electron chi connectivity index (χ4n) is 5.30. The SMILES string of the molecule is CCCCCC=CCC=CCCCCCCCCN(CCCCCCCC=CCC=CCCCCCC)CC(O)CO. The van der Waals surface area contributed by atoms with Crippen molar-refractivity contribution in [1.82, 2.24) is 4.90 Å². The minimum Gasteiger partial charge on any atom is -0.394 e. The highest BCUT2D eigenvalue weighted by atomic mass is 16.3. The van der Waals surface area contributed by atoms with E-state index in [-0.39, 0.29) is 6.61 Å². The van der Waals surface area contributed by atoms with Crippen molar-refractivity contribution in [3.05, 3.63) is 48.6 Å². The number of unbranched alkanes of at least 4 members (excludes halogenated alkanes) is 18. The van der Waals surface area contributed by atoms with Gasteiger partial charge < -0.3 is 15.1 Å². The van der Waals surface area contributed by atoms with Crippen molar-refractivity contribution in [3.8, 4) is 0 Å². The number of rotatable bonds is 33. The molecule has 0 aliphatic carbocycles. The molecule has 1 atom stereocenters. The first-order valence-corrected chi connectivity index (χ1v) is 18.4. The van der Waals surface area contributed by atoms with Crippen molar-refractivity contribution in [2.24, 2.45) is 0 Å². The lowest BCUT2D eigenvalue weighted by molar-refractivity contribution is 0.0579. The number of allylic oxidation sites excluding steroid dienone is 8. The number of aliphatic hydroxyl groups excluding tert-OH is 2. The van der Waals surface area contributed by atoms with E-state index in [9.17, 15) is 10.2 Å². The summed E-state index contributed by atoms with van der Waals surface area (Å²) in [5.74, 6) is 0. The average molecular weight is 588 g/mol. The summed E-state index contributed by atoms with van der Waals surface area (Å²) in [6, 6.07) is 0. The Kier molecular flexibility index (Phi) is 35.0. The molecule has 246 valence electrons. The molecule has 0 saturated carbocycles. The van der Waals surface area contributed by atoms with E-state index < -0.39 is 6.10 Å². The molecule has 3 heteroatoms. The van der Waals surface area contributed by atoms with Gasteiger partial charge in [0.25, 0.3) is 0 Å². The van der Waals surface area contributed by atoms with Crippen LogP contribution in [0.1, 0.15) is 168 Å². The molecular formula is C39H73NO2. The molecule has 0 heterocycles. The topological polar surface area (TPSA) is 43.7 Å². The highest BCUT2D eigenvalue weighted by Gasteiger charge is 2.10. The van der Waals surface area contributed by atoms with Crippen LogP contribution in [0.25, 0.3) is 0 Å². The van der Waals surface area contributed by atoms with E-state index in [4.69, 9.17) is 0 Å². The molecule has 0 aliphatic rings. The second-order valence-electron chi connectivity index (χ2n) is 12.3. The predicted octanol–water partition coefficient (Wildman–Crippen LogP) is 11.3. The van der Waals surface area contributed by atoms with Crippen LogP contribution < -0.4 is 0 Å². The van der Waals surface area contributed by atoms with E-state index in [1.54, 1.807) is 0 Å². The molecule has 0 aliphatic heterocycles. The van der Waals surface area contributed by atoms with Crippen LogP contribution in [0.3, 0.4) is 0 Å². The van der Waals surface area contributed by atoms with Crippen LogP contribution in [0, 0.1) is 0 Å². The van der Waals surface area contributed by atoms with Gasteiger partial charge >= 0.3 is 0 Å².